The second-order valence-corrected chi connectivity index (χ2v) is 7.42. The van der Waals surface area contributed by atoms with Gasteiger partial charge in [-0.3, -0.25) is 4.79 Å². The third-order valence-electron chi connectivity index (χ3n) is 5.61. The molecule has 1 saturated carbocycles. The molecule has 0 amide bonds. The number of rotatable bonds is 6. The molecule has 2 N–H and O–H groups in total. The highest BCUT2D eigenvalue weighted by Gasteiger charge is 2.27. The zero-order valence-electron chi connectivity index (χ0n) is 16.3. The molecule has 2 aliphatic rings. The van der Waals surface area contributed by atoms with E-state index >= 15 is 0 Å². The van der Waals surface area contributed by atoms with Crippen LogP contribution >= 0.6 is 12.4 Å². The highest BCUT2D eigenvalue weighted by atomic mass is 35.5. The first kappa shape index (κ1) is 21.1. The Morgan fingerprint density at radius 1 is 1.29 bits per heavy atom. The molecule has 2 heterocycles. The van der Waals surface area contributed by atoms with Crippen molar-refractivity contribution in [1.29, 1.82) is 0 Å². The van der Waals surface area contributed by atoms with Gasteiger partial charge in [0.2, 0.25) is 5.78 Å². The summed E-state index contributed by atoms with van der Waals surface area (Å²) in [7, 11) is 1.62. The molecule has 6 nitrogen and oxygen atoms in total. The number of furan rings is 1. The first-order valence-corrected chi connectivity index (χ1v) is 9.95. The average Bonchev–Trinajstić information content (AvgIpc) is 3.18. The van der Waals surface area contributed by atoms with E-state index in [0.29, 0.717) is 36.3 Å². The van der Waals surface area contributed by atoms with Crippen LogP contribution < -0.4 is 15.4 Å². The largest absolute Gasteiger partial charge is 0.493 e. The highest BCUT2D eigenvalue weighted by Crippen LogP contribution is 2.32. The third-order valence-corrected chi connectivity index (χ3v) is 5.61. The van der Waals surface area contributed by atoms with Crippen LogP contribution in [0.2, 0.25) is 0 Å². The molecule has 0 bridgehead atoms. The van der Waals surface area contributed by atoms with Crippen molar-refractivity contribution in [3.63, 3.8) is 0 Å². The monoisotopic (exact) mass is 408 g/mol. The molecule has 28 heavy (non-hydrogen) atoms. The van der Waals surface area contributed by atoms with Crippen molar-refractivity contribution in [3.8, 4) is 5.75 Å². The van der Waals surface area contributed by atoms with Crippen molar-refractivity contribution in [1.82, 2.24) is 10.6 Å². The number of hydrogen-bond acceptors (Lipinski definition) is 6. The van der Waals surface area contributed by atoms with Crippen LogP contribution in [-0.2, 0) is 11.3 Å². The number of benzene rings is 1. The predicted octanol–water partition coefficient (Wildman–Crippen LogP) is 3.46. The van der Waals surface area contributed by atoms with Crippen LogP contribution in [0.15, 0.2) is 22.6 Å². The van der Waals surface area contributed by atoms with Gasteiger partial charge in [0.1, 0.15) is 6.10 Å². The van der Waals surface area contributed by atoms with E-state index in [1.807, 2.05) is 12.1 Å². The number of fused-ring (bicyclic) bond motifs is 1. The Morgan fingerprint density at radius 2 is 2.11 bits per heavy atom. The van der Waals surface area contributed by atoms with Crippen LogP contribution in [0, 0.1) is 0 Å². The fourth-order valence-electron chi connectivity index (χ4n) is 4.04. The number of hydrogen-bond donors (Lipinski definition) is 2. The standard InChI is InChI=1S/C21H28N2O4.ClH/c1-25-17-8-7-14(12-23-15-5-3-2-4-6-15)16-11-18(27-21(16)17)20(24)19-13-22-9-10-26-19;/h7-8,11,15,19,22-23H,2-6,9-10,12-13H2,1H3;1H. The van der Waals surface area contributed by atoms with Crippen LogP contribution in [0.3, 0.4) is 0 Å². The van der Waals surface area contributed by atoms with Crippen LogP contribution in [-0.4, -0.2) is 44.7 Å². The van der Waals surface area contributed by atoms with Crippen LogP contribution in [0.4, 0.5) is 0 Å². The Hall–Kier alpha value is -1.60. The topological polar surface area (TPSA) is 72.7 Å². The molecule has 2 fully saturated rings. The summed E-state index contributed by atoms with van der Waals surface area (Å²) in [4.78, 5) is 12.8. The average molecular weight is 409 g/mol. The Morgan fingerprint density at radius 3 is 2.82 bits per heavy atom. The molecule has 1 aliphatic carbocycles. The minimum atomic E-state index is -0.492. The van der Waals surface area contributed by atoms with E-state index in [2.05, 4.69) is 16.7 Å². The van der Waals surface area contributed by atoms with E-state index in [-0.39, 0.29) is 18.2 Å². The predicted molar refractivity (Wildman–Crippen MR) is 111 cm³/mol. The molecule has 0 spiro atoms. The van der Waals surface area contributed by atoms with E-state index in [1.165, 1.54) is 32.1 Å². The molecule has 1 aromatic carbocycles. The van der Waals surface area contributed by atoms with Crippen molar-refractivity contribution >= 4 is 29.2 Å². The summed E-state index contributed by atoms with van der Waals surface area (Å²) < 4.78 is 17.0. The maximum absolute atomic E-state index is 12.8. The lowest BCUT2D eigenvalue weighted by Gasteiger charge is -2.23. The number of nitrogens with one attached hydrogen (secondary N) is 2. The summed E-state index contributed by atoms with van der Waals surface area (Å²) in [5.74, 6) is 0.863. The van der Waals surface area contributed by atoms with Crippen molar-refractivity contribution in [2.45, 2.75) is 50.8 Å². The summed E-state index contributed by atoms with van der Waals surface area (Å²) in [6, 6.07) is 6.39. The molecule has 1 atom stereocenters. The summed E-state index contributed by atoms with van der Waals surface area (Å²) in [6.45, 7) is 2.59. The minimum absolute atomic E-state index is 0. The lowest BCUT2D eigenvalue weighted by Crippen LogP contribution is -2.43. The maximum atomic E-state index is 12.8. The van der Waals surface area contributed by atoms with Gasteiger partial charge in [-0.25, -0.2) is 0 Å². The second-order valence-electron chi connectivity index (χ2n) is 7.42. The molecular weight excluding hydrogens is 380 g/mol. The number of morpholine rings is 1. The summed E-state index contributed by atoms with van der Waals surface area (Å²) in [5, 5.41) is 7.79. The molecule has 154 valence electrons. The zero-order chi connectivity index (χ0) is 18.6. The fourth-order valence-corrected chi connectivity index (χ4v) is 4.04. The Bertz CT molecular complexity index is 795. The van der Waals surface area contributed by atoms with E-state index in [0.717, 1.165) is 24.0 Å². The van der Waals surface area contributed by atoms with Crippen molar-refractivity contribution in [3.05, 3.63) is 29.5 Å². The van der Waals surface area contributed by atoms with Gasteiger partial charge in [-0.05, 0) is 30.5 Å². The van der Waals surface area contributed by atoms with Crippen LogP contribution in [0.1, 0.15) is 48.2 Å². The first-order valence-electron chi connectivity index (χ1n) is 9.95. The van der Waals surface area contributed by atoms with E-state index in [4.69, 9.17) is 13.9 Å². The molecule has 1 aromatic heterocycles. The molecule has 4 rings (SSSR count). The quantitative estimate of drug-likeness (QED) is 0.713. The molecule has 1 unspecified atom stereocenters. The van der Waals surface area contributed by atoms with Gasteiger partial charge in [-0.15, -0.1) is 12.4 Å². The molecule has 1 aliphatic heterocycles. The lowest BCUT2D eigenvalue weighted by atomic mass is 9.95. The van der Waals surface area contributed by atoms with Crippen LogP contribution in [0.25, 0.3) is 11.0 Å². The molecule has 7 heteroatoms. The number of methoxy groups -OCH3 is 1. The number of ether oxygens (including phenoxy) is 2. The molecule has 1 saturated heterocycles. The van der Waals surface area contributed by atoms with Gasteiger partial charge in [-0.2, -0.15) is 0 Å². The van der Waals surface area contributed by atoms with Crippen molar-refractivity contribution in [2.75, 3.05) is 26.8 Å². The van der Waals surface area contributed by atoms with Gasteiger partial charge in [0, 0.05) is 31.1 Å². The first-order chi connectivity index (χ1) is 13.3. The summed E-state index contributed by atoms with van der Waals surface area (Å²) in [5.41, 5.74) is 1.76. The summed E-state index contributed by atoms with van der Waals surface area (Å²) >= 11 is 0. The van der Waals surface area contributed by atoms with E-state index in [9.17, 15) is 4.79 Å². The molecular formula is C21H29ClN2O4. The molecule has 2 aromatic rings. The number of ketones is 1. The van der Waals surface area contributed by atoms with E-state index in [1.54, 1.807) is 7.11 Å². The Labute approximate surface area is 171 Å². The number of Topliss-reactive ketones (excluding diaryl/α,β-unsaturated/α-hetero) is 1. The van der Waals surface area contributed by atoms with Gasteiger partial charge >= 0.3 is 0 Å². The number of carbonyl (C=O) groups is 1. The Kier molecular flexibility index (Phi) is 7.35. The van der Waals surface area contributed by atoms with Gasteiger partial charge in [0.25, 0.3) is 0 Å². The van der Waals surface area contributed by atoms with Gasteiger partial charge in [-0.1, -0.05) is 25.3 Å². The Balaban J connectivity index is 0.00000225. The SMILES string of the molecule is COc1ccc(CNC2CCCCC2)c2cc(C(=O)C3CNCCO3)oc12.Cl. The zero-order valence-corrected chi connectivity index (χ0v) is 17.1. The van der Waals surface area contributed by atoms with Gasteiger partial charge < -0.3 is 24.5 Å². The summed E-state index contributed by atoms with van der Waals surface area (Å²) in [6.07, 6.45) is 5.93. The smallest absolute Gasteiger partial charge is 0.227 e. The minimum Gasteiger partial charge on any atom is -0.493 e. The van der Waals surface area contributed by atoms with E-state index < -0.39 is 6.10 Å². The van der Waals surface area contributed by atoms with Crippen molar-refractivity contribution in [2.24, 2.45) is 0 Å². The number of carbonyl (C=O) groups excluding carboxylic acids is 1. The fraction of sp³-hybridized carbons (Fsp3) is 0.571. The highest BCUT2D eigenvalue weighted by molar-refractivity contribution is 6.02. The van der Waals surface area contributed by atoms with Gasteiger partial charge in [0.15, 0.2) is 17.1 Å². The van der Waals surface area contributed by atoms with Crippen LogP contribution in [0.5, 0.6) is 5.75 Å². The normalized spacial score (nSPS) is 20.7. The van der Waals surface area contributed by atoms with Gasteiger partial charge in [0.05, 0.1) is 13.7 Å². The molecule has 0 radical (unpaired) electrons. The van der Waals surface area contributed by atoms with Crippen molar-refractivity contribution < 1.29 is 18.7 Å². The lowest BCUT2D eigenvalue weighted by molar-refractivity contribution is 0.0251. The third kappa shape index (κ3) is 4.51. The maximum Gasteiger partial charge on any atom is 0.227 e. The number of halogens is 1. The second kappa shape index (κ2) is 9.74.